The van der Waals surface area contributed by atoms with Crippen LogP contribution >= 0.6 is 0 Å². The highest BCUT2D eigenvalue weighted by molar-refractivity contribution is 5.88. The van der Waals surface area contributed by atoms with E-state index in [1.165, 1.54) is 12.1 Å². The first-order valence-corrected chi connectivity index (χ1v) is 9.18. The zero-order valence-corrected chi connectivity index (χ0v) is 15.6. The lowest BCUT2D eigenvalue weighted by atomic mass is 9.81. The lowest BCUT2D eigenvalue weighted by Crippen LogP contribution is -2.56. The van der Waals surface area contributed by atoms with Gasteiger partial charge in [-0.25, -0.2) is 13.9 Å². The number of hydrogen-bond acceptors (Lipinski definition) is 3. The van der Waals surface area contributed by atoms with Crippen LogP contribution in [0.25, 0.3) is 5.69 Å². The van der Waals surface area contributed by atoms with E-state index < -0.39 is 11.5 Å². The molecule has 0 bridgehead atoms. The number of nitrogens with zero attached hydrogens (tertiary/aromatic N) is 2. The molecule has 0 spiro atoms. The van der Waals surface area contributed by atoms with Gasteiger partial charge in [0.1, 0.15) is 11.4 Å². The van der Waals surface area contributed by atoms with Gasteiger partial charge >= 0.3 is 5.97 Å². The molecule has 0 unspecified atom stereocenters. The van der Waals surface area contributed by atoms with Gasteiger partial charge in [0, 0.05) is 11.3 Å². The van der Waals surface area contributed by atoms with Crippen LogP contribution in [0, 0.1) is 19.7 Å². The summed E-state index contributed by atoms with van der Waals surface area (Å²) in [6.45, 7) is 3.66. The normalized spacial score (nSPS) is 16.1. The average molecular weight is 373 g/mol. The Bertz CT molecular complexity index is 852. The number of amides is 1. The number of carboxylic acid groups (broad SMARTS) is 1. The number of nitrogens with one attached hydrogen (secondary N) is 1. The Balaban J connectivity index is 1.80. The summed E-state index contributed by atoms with van der Waals surface area (Å²) >= 11 is 0. The van der Waals surface area contributed by atoms with Crippen LogP contribution in [0.5, 0.6) is 0 Å². The van der Waals surface area contributed by atoms with Crippen molar-refractivity contribution in [3.8, 4) is 5.69 Å². The Kier molecular flexibility index (Phi) is 5.30. The first kappa shape index (κ1) is 19.1. The third kappa shape index (κ3) is 3.86. The molecule has 0 atom stereocenters. The molecular weight excluding hydrogens is 349 g/mol. The molecule has 2 N–H and O–H groups in total. The van der Waals surface area contributed by atoms with Crippen LogP contribution in [0.15, 0.2) is 24.3 Å². The number of halogens is 1. The average Bonchev–Trinajstić information content (AvgIpc) is 2.91. The maximum atomic E-state index is 13.2. The van der Waals surface area contributed by atoms with E-state index in [2.05, 4.69) is 10.4 Å². The van der Waals surface area contributed by atoms with Gasteiger partial charge in [0.2, 0.25) is 5.91 Å². The van der Waals surface area contributed by atoms with Crippen molar-refractivity contribution in [2.75, 3.05) is 0 Å². The van der Waals surface area contributed by atoms with Crippen LogP contribution in [0.3, 0.4) is 0 Å². The van der Waals surface area contributed by atoms with Crippen molar-refractivity contribution in [2.24, 2.45) is 0 Å². The lowest BCUT2D eigenvalue weighted by molar-refractivity contribution is -0.149. The van der Waals surface area contributed by atoms with Gasteiger partial charge in [-0.2, -0.15) is 5.10 Å². The molecule has 7 heteroatoms. The lowest BCUT2D eigenvalue weighted by Gasteiger charge is -2.34. The Morgan fingerprint density at radius 3 is 2.41 bits per heavy atom. The first-order chi connectivity index (χ1) is 12.8. The van der Waals surface area contributed by atoms with E-state index in [1.807, 2.05) is 13.8 Å². The van der Waals surface area contributed by atoms with Crippen LogP contribution in [0.2, 0.25) is 0 Å². The highest BCUT2D eigenvalue weighted by Crippen LogP contribution is 2.29. The maximum Gasteiger partial charge on any atom is 0.329 e. The Labute approximate surface area is 157 Å². The van der Waals surface area contributed by atoms with Gasteiger partial charge in [0.25, 0.3) is 0 Å². The predicted molar refractivity (Wildman–Crippen MR) is 98.3 cm³/mol. The Morgan fingerprint density at radius 2 is 1.81 bits per heavy atom. The van der Waals surface area contributed by atoms with Gasteiger partial charge in [-0.3, -0.25) is 4.79 Å². The largest absolute Gasteiger partial charge is 0.480 e. The van der Waals surface area contributed by atoms with Crippen LogP contribution in [-0.2, 0) is 16.0 Å². The van der Waals surface area contributed by atoms with E-state index in [-0.39, 0.29) is 18.1 Å². The monoisotopic (exact) mass is 373 g/mol. The van der Waals surface area contributed by atoms with E-state index in [1.54, 1.807) is 16.8 Å². The van der Waals surface area contributed by atoms with Crippen molar-refractivity contribution in [1.29, 1.82) is 0 Å². The molecule has 27 heavy (non-hydrogen) atoms. The van der Waals surface area contributed by atoms with Crippen LogP contribution in [0.1, 0.15) is 49.1 Å². The fraction of sp³-hybridized carbons (Fsp3) is 0.450. The van der Waals surface area contributed by atoms with Crippen molar-refractivity contribution >= 4 is 11.9 Å². The minimum Gasteiger partial charge on any atom is -0.480 e. The zero-order valence-electron chi connectivity index (χ0n) is 15.6. The third-order valence-corrected chi connectivity index (χ3v) is 5.34. The number of aryl methyl sites for hydroxylation is 1. The first-order valence-electron chi connectivity index (χ1n) is 9.18. The Hall–Kier alpha value is -2.70. The smallest absolute Gasteiger partial charge is 0.329 e. The van der Waals surface area contributed by atoms with Gasteiger partial charge in [-0.15, -0.1) is 0 Å². The number of rotatable bonds is 5. The summed E-state index contributed by atoms with van der Waals surface area (Å²) in [5, 5.41) is 16.9. The molecule has 1 aromatic heterocycles. The second-order valence-electron chi connectivity index (χ2n) is 7.21. The number of aromatic nitrogens is 2. The summed E-state index contributed by atoms with van der Waals surface area (Å²) in [5.74, 6) is -1.61. The summed E-state index contributed by atoms with van der Waals surface area (Å²) in [6.07, 6.45) is 3.57. The molecule has 0 saturated heterocycles. The van der Waals surface area contributed by atoms with Gasteiger partial charge in [-0.1, -0.05) is 19.3 Å². The summed E-state index contributed by atoms with van der Waals surface area (Å²) in [4.78, 5) is 24.4. The number of aliphatic carboxylic acids is 1. The van der Waals surface area contributed by atoms with Crippen molar-refractivity contribution in [3.63, 3.8) is 0 Å². The molecule has 144 valence electrons. The van der Waals surface area contributed by atoms with Gasteiger partial charge in [-0.05, 0) is 51.0 Å². The molecule has 1 saturated carbocycles. The molecule has 6 nitrogen and oxygen atoms in total. The predicted octanol–water partition coefficient (Wildman–Crippen LogP) is 3.07. The van der Waals surface area contributed by atoms with Gasteiger partial charge in [0.05, 0.1) is 17.8 Å². The van der Waals surface area contributed by atoms with Crippen LogP contribution in [0.4, 0.5) is 4.39 Å². The van der Waals surface area contributed by atoms with Gasteiger partial charge in [0.15, 0.2) is 0 Å². The molecule has 2 aromatic rings. The topological polar surface area (TPSA) is 84.2 Å². The molecule has 0 aliphatic heterocycles. The van der Waals surface area contributed by atoms with Crippen molar-refractivity contribution in [2.45, 2.75) is 57.9 Å². The zero-order chi connectivity index (χ0) is 19.6. The third-order valence-electron chi connectivity index (χ3n) is 5.34. The summed E-state index contributed by atoms with van der Waals surface area (Å²) < 4.78 is 14.8. The number of carboxylic acids is 1. The molecule has 0 radical (unpaired) electrons. The number of hydrogen-bond donors (Lipinski definition) is 2. The van der Waals surface area contributed by atoms with Gasteiger partial charge < -0.3 is 10.4 Å². The van der Waals surface area contributed by atoms with E-state index in [0.29, 0.717) is 24.2 Å². The molecule has 1 amide bonds. The SMILES string of the molecule is Cc1nn(-c2ccc(F)cc2)c(C)c1CC(=O)NC1(C(=O)O)CCCCC1. The van der Waals surface area contributed by atoms with E-state index in [4.69, 9.17) is 0 Å². The fourth-order valence-electron chi connectivity index (χ4n) is 3.78. The van der Waals surface area contributed by atoms with Crippen molar-refractivity contribution in [1.82, 2.24) is 15.1 Å². The number of benzene rings is 1. The molecule has 1 fully saturated rings. The fourth-order valence-corrected chi connectivity index (χ4v) is 3.78. The van der Waals surface area contributed by atoms with E-state index >= 15 is 0 Å². The quantitative estimate of drug-likeness (QED) is 0.844. The highest BCUT2D eigenvalue weighted by atomic mass is 19.1. The molecule has 1 heterocycles. The van der Waals surface area contributed by atoms with Crippen LogP contribution < -0.4 is 5.32 Å². The minimum atomic E-state index is -1.16. The molecule has 1 aliphatic carbocycles. The molecule has 1 aromatic carbocycles. The van der Waals surface area contributed by atoms with Crippen molar-refractivity contribution in [3.05, 3.63) is 47.0 Å². The second-order valence-corrected chi connectivity index (χ2v) is 7.21. The summed E-state index contributed by atoms with van der Waals surface area (Å²) in [6, 6.07) is 5.97. The summed E-state index contributed by atoms with van der Waals surface area (Å²) in [7, 11) is 0. The minimum absolute atomic E-state index is 0.0634. The highest BCUT2D eigenvalue weighted by Gasteiger charge is 2.41. The number of carbonyl (C=O) groups is 2. The van der Waals surface area contributed by atoms with Crippen LogP contribution in [-0.4, -0.2) is 32.3 Å². The van der Waals surface area contributed by atoms with Crippen molar-refractivity contribution < 1.29 is 19.1 Å². The molecule has 1 aliphatic rings. The summed E-state index contributed by atoms with van der Waals surface area (Å²) in [5.41, 5.74) is 1.78. The molecule has 3 rings (SSSR count). The standard InChI is InChI=1S/C20H24FN3O3/c1-13-17(14(2)24(23-13)16-8-6-15(21)7-9-16)12-18(25)22-20(19(26)27)10-4-3-5-11-20/h6-9H,3-5,10-12H2,1-2H3,(H,22,25)(H,26,27). The maximum absolute atomic E-state index is 13.2. The molecular formula is C20H24FN3O3. The Morgan fingerprint density at radius 1 is 1.19 bits per heavy atom. The number of carbonyl (C=O) groups excluding carboxylic acids is 1. The second kappa shape index (κ2) is 7.50. The van der Waals surface area contributed by atoms with E-state index in [0.717, 1.165) is 30.5 Å². The van der Waals surface area contributed by atoms with E-state index in [9.17, 15) is 19.1 Å².